The van der Waals surface area contributed by atoms with Gasteiger partial charge in [0.1, 0.15) is 12.4 Å². The average molecular weight is 242 g/mol. The van der Waals surface area contributed by atoms with E-state index in [4.69, 9.17) is 9.84 Å². The summed E-state index contributed by atoms with van der Waals surface area (Å²) >= 11 is 0. The van der Waals surface area contributed by atoms with Gasteiger partial charge >= 0.3 is 5.97 Å². The van der Waals surface area contributed by atoms with Crippen molar-refractivity contribution in [3.8, 4) is 5.75 Å². The van der Waals surface area contributed by atoms with Gasteiger partial charge in [-0.3, -0.25) is 0 Å². The van der Waals surface area contributed by atoms with Crippen molar-refractivity contribution in [3.05, 3.63) is 65.2 Å². The van der Waals surface area contributed by atoms with Gasteiger partial charge in [-0.05, 0) is 24.6 Å². The number of hydrogen-bond acceptors (Lipinski definition) is 2. The van der Waals surface area contributed by atoms with Gasteiger partial charge in [0.15, 0.2) is 0 Å². The SMILES string of the molecule is Cc1c(OCc2ccccc2)cccc1C(=O)O. The van der Waals surface area contributed by atoms with Gasteiger partial charge in [-0.15, -0.1) is 0 Å². The topological polar surface area (TPSA) is 46.5 Å². The smallest absolute Gasteiger partial charge is 0.336 e. The van der Waals surface area contributed by atoms with E-state index in [1.165, 1.54) is 0 Å². The van der Waals surface area contributed by atoms with Crippen molar-refractivity contribution in [2.75, 3.05) is 0 Å². The van der Waals surface area contributed by atoms with Gasteiger partial charge in [0.25, 0.3) is 0 Å². The first-order chi connectivity index (χ1) is 8.68. The molecule has 0 spiro atoms. The summed E-state index contributed by atoms with van der Waals surface area (Å²) in [7, 11) is 0. The Kier molecular flexibility index (Phi) is 3.63. The molecule has 0 fully saturated rings. The second-order valence-electron chi connectivity index (χ2n) is 4.01. The second kappa shape index (κ2) is 5.36. The molecular weight excluding hydrogens is 228 g/mol. The lowest BCUT2D eigenvalue weighted by atomic mass is 10.1. The molecule has 3 heteroatoms. The highest BCUT2D eigenvalue weighted by molar-refractivity contribution is 5.90. The van der Waals surface area contributed by atoms with Crippen LogP contribution < -0.4 is 4.74 Å². The molecule has 0 bridgehead atoms. The van der Waals surface area contributed by atoms with E-state index in [0.717, 1.165) is 5.56 Å². The molecule has 0 atom stereocenters. The first-order valence-corrected chi connectivity index (χ1v) is 5.68. The van der Waals surface area contributed by atoms with Crippen LogP contribution in [-0.4, -0.2) is 11.1 Å². The summed E-state index contributed by atoms with van der Waals surface area (Å²) in [6.07, 6.45) is 0. The van der Waals surface area contributed by atoms with E-state index in [-0.39, 0.29) is 5.56 Å². The molecule has 0 amide bonds. The zero-order chi connectivity index (χ0) is 13.0. The molecule has 92 valence electrons. The number of rotatable bonds is 4. The summed E-state index contributed by atoms with van der Waals surface area (Å²) in [6.45, 7) is 2.19. The highest BCUT2D eigenvalue weighted by Gasteiger charge is 2.10. The van der Waals surface area contributed by atoms with Crippen molar-refractivity contribution in [2.45, 2.75) is 13.5 Å². The number of carboxylic acid groups (broad SMARTS) is 1. The van der Waals surface area contributed by atoms with Gasteiger partial charge < -0.3 is 9.84 Å². The Balaban J connectivity index is 2.15. The van der Waals surface area contributed by atoms with Crippen molar-refractivity contribution in [3.63, 3.8) is 0 Å². The van der Waals surface area contributed by atoms with Crippen LogP contribution >= 0.6 is 0 Å². The van der Waals surface area contributed by atoms with Crippen LogP contribution in [0, 0.1) is 6.92 Å². The van der Waals surface area contributed by atoms with Crippen LogP contribution in [0.5, 0.6) is 5.75 Å². The highest BCUT2D eigenvalue weighted by atomic mass is 16.5. The van der Waals surface area contributed by atoms with Gasteiger partial charge in [0.05, 0.1) is 5.56 Å². The molecule has 0 unspecified atom stereocenters. The Bertz CT molecular complexity index is 547. The van der Waals surface area contributed by atoms with Crippen LogP contribution in [0.25, 0.3) is 0 Å². The minimum Gasteiger partial charge on any atom is -0.489 e. The van der Waals surface area contributed by atoms with E-state index in [1.54, 1.807) is 25.1 Å². The van der Waals surface area contributed by atoms with Crippen molar-refractivity contribution in [1.29, 1.82) is 0 Å². The van der Waals surface area contributed by atoms with Crippen molar-refractivity contribution >= 4 is 5.97 Å². The van der Waals surface area contributed by atoms with Gasteiger partial charge in [-0.1, -0.05) is 36.4 Å². The van der Waals surface area contributed by atoms with Crippen molar-refractivity contribution in [1.82, 2.24) is 0 Å². The molecule has 18 heavy (non-hydrogen) atoms. The molecular formula is C15H14O3. The summed E-state index contributed by atoms with van der Waals surface area (Å²) in [5.74, 6) is -0.323. The largest absolute Gasteiger partial charge is 0.489 e. The van der Waals surface area contributed by atoms with Crippen LogP contribution in [-0.2, 0) is 6.61 Å². The molecule has 2 aromatic carbocycles. The van der Waals surface area contributed by atoms with Crippen LogP contribution in [0.4, 0.5) is 0 Å². The summed E-state index contributed by atoms with van der Waals surface area (Å²) in [5.41, 5.74) is 1.99. The third-order valence-electron chi connectivity index (χ3n) is 2.75. The molecule has 1 N–H and O–H groups in total. The Hall–Kier alpha value is -2.29. The lowest BCUT2D eigenvalue weighted by Crippen LogP contribution is -2.03. The Morgan fingerprint density at radius 2 is 1.83 bits per heavy atom. The summed E-state index contributed by atoms with van der Waals surface area (Å²) in [6, 6.07) is 14.8. The van der Waals surface area contributed by atoms with Gasteiger partial charge in [0, 0.05) is 5.56 Å². The van der Waals surface area contributed by atoms with E-state index in [1.807, 2.05) is 30.3 Å². The van der Waals surface area contributed by atoms with Gasteiger partial charge in [-0.25, -0.2) is 4.79 Å². The number of hydrogen-bond donors (Lipinski definition) is 1. The molecule has 0 heterocycles. The Morgan fingerprint density at radius 1 is 1.11 bits per heavy atom. The fourth-order valence-electron chi connectivity index (χ4n) is 1.74. The first-order valence-electron chi connectivity index (χ1n) is 5.68. The third-order valence-corrected chi connectivity index (χ3v) is 2.75. The standard InChI is InChI=1S/C15H14O3/c1-11-13(15(16)17)8-5-9-14(11)18-10-12-6-3-2-4-7-12/h2-9H,10H2,1H3,(H,16,17). The maximum Gasteiger partial charge on any atom is 0.336 e. The molecule has 0 aliphatic heterocycles. The number of carboxylic acids is 1. The third kappa shape index (κ3) is 2.69. The van der Waals surface area contributed by atoms with E-state index < -0.39 is 5.97 Å². The summed E-state index contributed by atoms with van der Waals surface area (Å²) in [4.78, 5) is 11.0. The van der Waals surface area contributed by atoms with Crippen LogP contribution in [0.15, 0.2) is 48.5 Å². The quantitative estimate of drug-likeness (QED) is 0.895. The van der Waals surface area contributed by atoms with E-state index in [9.17, 15) is 4.79 Å². The Morgan fingerprint density at radius 3 is 2.50 bits per heavy atom. The highest BCUT2D eigenvalue weighted by Crippen LogP contribution is 2.22. The fraction of sp³-hybridized carbons (Fsp3) is 0.133. The maximum absolute atomic E-state index is 11.0. The van der Waals surface area contributed by atoms with Crippen molar-refractivity contribution < 1.29 is 14.6 Å². The lowest BCUT2D eigenvalue weighted by molar-refractivity contribution is 0.0695. The molecule has 2 rings (SSSR count). The molecule has 0 aliphatic rings. The molecule has 3 nitrogen and oxygen atoms in total. The van der Waals surface area contributed by atoms with Crippen LogP contribution in [0.1, 0.15) is 21.5 Å². The zero-order valence-electron chi connectivity index (χ0n) is 10.1. The molecule has 0 saturated heterocycles. The summed E-state index contributed by atoms with van der Waals surface area (Å²) < 4.78 is 5.65. The number of aromatic carboxylic acids is 1. The minimum absolute atomic E-state index is 0.278. The minimum atomic E-state index is -0.933. The number of carbonyl (C=O) groups is 1. The van der Waals surface area contributed by atoms with Crippen molar-refractivity contribution in [2.24, 2.45) is 0 Å². The second-order valence-corrected chi connectivity index (χ2v) is 4.01. The van der Waals surface area contributed by atoms with Gasteiger partial charge in [0.2, 0.25) is 0 Å². The predicted molar refractivity (Wildman–Crippen MR) is 68.9 cm³/mol. The molecule has 0 aromatic heterocycles. The van der Waals surface area contributed by atoms with Gasteiger partial charge in [-0.2, -0.15) is 0 Å². The monoisotopic (exact) mass is 242 g/mol. The normalized spacial score (nSPS) is 10.1. The van der Waals surface area contributed by atoms with E-state index >= 15 is 0 Å². The van der Waals surface area contributed by atoms with Crippen LogP contribution in [0.3, 0.4) is 0 Å². The molecule has 2 aromatic rings. The number of ether oxygens (including phenoxy) is 1. The average Bonchev–Trinajstić information content (AvgIpc) is 2.38. The fourth-order valence-corrected chi connectivity index (χ4v) is 1.74. The lowest BCUT2D eigenvalue weighted by Gasteiger charge is -2.10. The first kappa shape index (κ1) is 12.2. The number of benzene rings is 2. The molecule has 0 saturated carbocycles. The van der Waals surface area contributed by atoms with E-state index in [2.05, 4.69) is 0 Å². The molecule has 0 radical (unpaired) electrons. The zero-order valence-corrected chi connectivity index (χ0v) is 10.1. The molecule has 0 aliphatic carbocycles. The summed E-state index contributed by atoms with van der Waals surface area (Å²) in [5, 5.41) is 9.02. The Labute approximate surface area is 106 Å². The predicted octanol–water partition coefficient (Wildman–Crippen LogP) is 3.27. The van der Waals surface area contributed by atoms with E-state index in [0.29, 0.717) is 17.9 Å². The maximum atomic E-state index is 11.0. The van der Waals surface area contributed by atoms with Crippen LogP contribution in [0.2, 0.25) is 0 Å².